The number of rotatable bonds is 7. The van der Waals surface area contributed by atoms with E-state index in [9.17, 15) is 0 Å². The maximum Gasteiger partial charge on any atom is 0.208 e. The van der Waals surface area contributed by atoms with E-state index in [1.807, 2.05) is 24.3 Å². The van der Waals surface area contributed by atoms with Crippen LogP contribution in [0.5, 0.6) is 0 Å². The first-order valence-corrected chi connectivity index (χ1v) is 16.4. The van der Waals surface area contributed by atoms with Crippen molar-refractivity contribution in [2.45, 2.75) is 39.8 Å². The number of benzene rings is 4. The molecule has 4 aromatic carbocycles. The van der Waals surface area contributed by atoms with Crippen molar-refractivity contribution in [3.8, 4) is 43.4 Å². The molecule has 0 fully saturated rings. The van der Waals surface area contributed by atoms with E-state index in [0.717, 1.165) is 22.6 Å². The first-order chi connectivity index (χ1) is 21.6. The van der Waals surface area contributed by atoms with E-state index in [4.69, 9.17) is 11.7 Å². The molecule has 0 saturated heterocycles. The van der Waals surface area contributed by atoms with Gasteiger partial charge in [0.05, 0.1) is 21.1 Å². The third-order valence-electron chi connectivity index (χ3n) is 7.12. The topological polar surface area (TPSA) is 86.6 Å². The van der Waals surface area contributed by atoms with Crippen LogP contribution >= 0.6 is 22.7 Å². The van der Waals surface area contributed by atoms with Crippen LogP contribution in [0.3, 0.4) is 0 Å². The Morgan fingerprint density at radius 3 is 1.36 bits per heavy atom. The molecule has 0 amide bonds. The van der Waals surface area contributed by atoms with Crippen molar-refractivity contribution in [2.75, 3.05) is 0 Å². The molecule has 8 heteroatoms. The minimum absolute atomic E-state index is 0.284. The number of hydrogen-bond donors (Lipinski definition) is 2. The monoisotopic (exact) mass is 618 g/mol. The molecule has 0 unspecified atom stereocenters. The Bertz CT molecular complexity index is 1900. The first-order valence-electron chi connectivity index (χ1n) is 14.8. The molecule has 2 aromatic heterocycles. The molecule has 6 nitrogen and oxygen atoms in total. The second kappa shape index (κ2) is 14.7. The fraction of sp³-hybridized carbons (Fsp3) is 0.167. The van der Waals surface area contributed by atoms with Gasteiger partial charge >= 0.3 is 0 Å². The van der Waals surface area contributed by atoms with Crippen LogP contribution in [0.15, 0.2) is 132 Å². The summed E-state index contributed by atoms with van der Waals surface area (Å²) in [5, 5.41) is 8.01. The Hall–Kier alpha value is -4.66. The van der Waals surface area contributed by atoms with Gasteiger partial charge in [0, 0.05) is 12.6 Å². The van der Waals surface area contributed by atoms with Crippen LogP contribution in [0, 0.1) is 0 Å². The maximum atomic E-state index is 5.64. The summed E-state index contributed by atoms with van der Waals surface area (Å²) in [7, 11) is 0. The van der Waals surface area contributed by atoms with Crippen LogP contribution in [-0.4, -0.2) is 9.13 Å². The molecular weight excluding hydrogens is 581 g/mol. The van der Waals surface area contributed by atoms with Crippen LogP contribution in [-0.2, 0) is 6.54 Å². The molecule has 224 valence electrons. The van der Waals surface area contributed by atoms with Crippen molar-refractivity contribution in [3.63, 3.8) is 0 Å². The summed E-state index contributed by atoms with van der Waals surface area (Å²) in [5.41, 5.74) is 7.14. The Morgan fingerprint density at radius 2 is 0.955 bits per heavy atom. The van der Waals surface area contributed by atoms with E-state index in [0.29, 0.717) is 0 Å². The molecule has 0 aliphatic heterocycles. The summed E-state index contributed by atoms with van der Waals surface area (Å²) >= 11 is 3.28. The molecule has 0 aliphatic carbocycles. The largest absolute Gasteiger partial charge is 0.320 e. The summed E-state index contributed by atoms with van der Waals surface area (Å²) in [6.45, 7) is 7.39. The third-order valence-corrected chi connectivity index (χ3v) is 9.37. The van der Waals surface area contributed by atoms with E-state index < -0.39 is 0 Å². The Balaban J connectivity index is 0.000000175. The summed E-state index contributed by atoms with van der Waals surface area (Å²) in [5.74, 6) is 11.3. The molecule has 4 N–H and O–H groups in total. The highest BCUT2D eigenvalue weighted by molar-refractivity contribution is 7.13. The maximum absolute atomic E-state index is 5.64. The number of hydrogen-bond acceptors (Lipinski definition) is 6. The highest BCUT2D eigenvalue weighted by atomic mass is 32.1. The lowest BCUT2D eigenvalue weighted by atomic mass is 10.1. The second-order valence-corrected chi connectivity index (χ2v) is 12.4. The van der Waals surface area contributed by atoms with Gasteiger partial charge in [0.2, 0.25) is 9.60 Å². The van der Waals surface area contributed by atoms with E-state index in [1.54, 1.807) is 22.7 Å². The Kier molecular flexibility index (Phi) is 10.3. The van der Waals surface area contributed by atoms with E-state index >= 15 is 0 Å². The lowest BCUT2D eigenvalue weighted by molar-refractivity contribution is 0.588. The molecule has 2 heterocycles. The van der Waals surface area contributed by atoms with Crippen LogP contribution in [0.2, 0.25) is 0 Å². The predicted molar refractivity (Wildman–Crippen MR) is 187 cm³/mol. The lowest BCUT2D eigenvalue weighted by Gasteiger charge is -2.14. The highest BCUT2D eigenvalue weighted by Crippen LogP contribution is 2.36. The zero-order valence-electron chi connectivity index (χ0n) is 25.3. The van der Waals surface area contributed by atoms with Crippen LogP contribution in [0.25, 0.3) is 43.4 Å². The van der Waals surface area contributed by atoms with Crippen molar-refractivity contribution in [1.82, 2.24) is 9.13 Å². The summed E-state index contributed by atoms with van der Waals surface area (Å²) < 4.78 is 4.44. The van der Waals surface area contributed by atoms with Gasteiger partial charge in [-0.2, -0.15) is 10.2 Å². The van der Waals surface area contributed by atoms with Crippen molar-refractivity contribution in [2.24, 2.45) is 21.9 Å². The Morgan fingerprint density at radius 1 is 0.568 bits per heavy atom. The molecule has 0 aliphatic rings. The number of thiazole rings is 2. The van der Waals surface area contributed by atoms with Crippen molar-refractivity contribution < 1.29 is 0 Å². The van der Waals surface area contributed by atoms with Gasteiger partial charge in [-0.15, -0.1) is 0 Å². The van der Waals surface area contributed by atoms with Crippen molar-refractivity contribution in [1.29, 1.82) is 0 Å². The number of aromatic nitrogens is 2. The quantitative estimate of drug-likeness (QED) is 0.139. The van der Waals surface area contributed by atoms with Crippen LogP contribution in [0.1, 0.15) is 33.2 Å². The predicted octanol–water partition coefficient (Wildman–Crippen LogP) is 8.31. The molecular formula is C36H38N6S2. The minimum atomic E-state index is 0.284. The van der Waals surface area contributed by atoms with Crippen molar-refractivity contribution in [3.05, 3.63) is 131 Å². The van der Waals surface area contributed by atoms with Gasteiger partial charge in [0.15, 0.2) is 0 Å². The number of nitrogens with two attached hydrogens (primary N) is 2. The average molecular weight is 619 g/mol. The number of nitrogens with zero attached hydrogens (tertiary/aromatic N) is 4. The zero-order chi connectivity index (χ0) is 30.9. The van der Waals surface area contributed by atoms with Gasteiger partial charge in [0.1, 0.15) is 0 Å². The normalized spacial score (nSPS) is 11.9. The van der Waals surface area contributed by atoms with Gasteiger partial charge in [-0.25, -0.2) is 0 Å². The van der Waals surface area contributed by atoms with E-state index in [2.05, 4.69) is 137 Å². The Labute approximate surface area is 266 Å². The fourth-order valence-electron chi connectivity index (χ4n) is 5.22. The van der Waals surface area contributed by atoms with Gasteiger partial charge in [-0.1, -0.05) is 151 Å². The molecule has 0 radical (unpaired) electrons. The summed E-state index contributed by atoms with van der Waals surface area (Å²) in [6, 6.07) is 42.0. The zero-order valence-corrected chi connectivity index (χ0v) is 26.9. The molecule has 0 bridgehead atoms. The highest BCUT2D eigenvalue weighted by Gasteiger charge is 2.19. The molecule has 6 rings (SSSR count). The van der Waals surface area contributed by atoms with Gasteiger partial charge in [-0.3, -0.25) is 0 Å². The molecule has 0 spiro atoms. The van der Waals surface area contributed by atoms with Crippen LogP contribution in [0.4, 0.5) is 0 Å². The molecule has 44 heavy (non-hydrogen) atoms. The molecule has 6 aromatic rings. The van der Waals surface area contributed by atoms with Crippen LogP contribution < -0.4 is 21.3 Å². The summed E-state index contributed by atoms with van der Waals surface area (Å²) in [4.78, 5) is 4.11. The molecule has 0 atom stereocenters. The minimum Gasteiger partial charge on any atom is -0.320 e. The van der Waals surface area contributed by atoms with Gasteiger partial charge in [-0.05, 0) is 42.5 Å². The molecule has 0 saturated carbocycles. The average Bonchev–Trinajstić information content (AvgIpc) is 3.66. The third kappa shape index (κ3) is 6.61. The van der Waals surface area contributed by atoms with Crippen molar-refractivity contribution >= 4 is 22.7 Å². The summed E-state index contributed by atoms with van der Waals surface area (Å²) in [6.07, 6.45) is 1.04. The SMILES string of the molecule is CC(C)n1c(-c2ccccc2)c(-c2ccccc2)sc1=NN.CCCn1c(-c2ccccc2)c(-c2ccccc2)sc1=NN. The lowest BCUT2D eigenvalue weighted by Crippen LogP contribution is -2.19. The standard InChI is InChI=1S/2C18H19N3S/c1-13(2)21-16(14-9-5-3-6-10-14)17(22-18(21)20-19)15-11-7-4-8-12-15;1-2-13-21-16(14-9-5-3-6-10-14)17(22-18(21)20-19)15-11-7-4-8-12-15/h3-13H,19H2,1-2H3;3-12H,2,13,19H2,1H3. The van der Waals surface area contributed by atoms with Gasteiger partial charge < -0.3 is 20.8 Å². The van der Waals surface area contributed by atoms with E-state index in [-0.39, 0.29) is 6.04 Å². The smallest absolute Gasteiger partial charge is 0.208 e. The van der Waals surface area contributed by atoms with Gasteiger partial charge in [0.25, 0.3) is 0 Å². The first kappa shape index (κ1) is 30.8. The van der Waals surface area contributed by atoms with E-state index in [1.165, 1.54) is 43.4 Å². The fourth-order valence-corrected chi connectivity index (χ4v) is 7.53. The second-order valence-electron chi connectivity index (χ2n) is 10.5.